The summed E-state index contributed by atoms with van der Waals surface area (Å²) in [4.78, 5) is 0. The van der Waals surface area contributed by atoms with Crippen molar-refractivity contribution in [1.82, 2.24) is 0 Å². The monoisotopic (exact) mass is 419 g/mol. The summed E-state index contributed by atoms with van der Waals surface area (Å²) in [7, 11) is 0. The highest BCUT2D eigenvalue weighted by atomic mass is 127. The van der Waals surface area contributed by atoms with E-state index in [1.54, 1.807) is 0 Å². The minimum Gasteiger partial charge on any atom is -0.324 e. The highest BCUT2D eigenvalue weighted by molar-refractivity contribution is 14.1. The smallest absolute Gasteiger partial charge is 0.0309 e. The molecule has 0 amide bonds. The van der Waals surface area contributed by atoms with Gasteiger partial charge in [0.1, 0.15) is 0 Å². The molecule has 2 aliphatic carbocycles. The largest absolute Gasteiger partial charge is 0.324 e. The first-order chi connectivity index (χ1) is 8.63. The average molecular weight is 420 g/mol. The number of benzene rings is 1. The molecule has 3 heteroatoms. The van der Waals surface area contributed by atoms with E-state index in [0.29, 0.717) is 0 Å². The van der Waals surface area contributed by atoms with Gasteiger partial charge < -0.3 is 5.73 Å². The van der Waals surface area contributed by atoms with Gasteiger partial charge in [-0.25, -0.2) is 0 Å². The molecule has 0 saturated heterocycles. The molecule has 0 aromatic heterocycles. The Morgan fingerprint density at radius 1 is 1.33 bits per heavy atom. The van der Waals surface area contributed by atoms with E-state index in [-0.39, 0.29) is 6.04 Å². The quantitative estimate of drug-likeness (QED) is 0.694. The predicted octanol–water partition coefficient (Wildman–Crippen LogP) is 4.88. The van der Waals surface area contributed by atoms with Crippen LogP contribution in [-0.4, -0.2) is 0 Å². The fourth-order valence-corrected chi connectivity index (χ4v) is 4.97. The standard InChI is InChI=1S/C15H19BrIN/c16-14-4-3-12(17)8-13(14)15(18)7-11-6-9-1-2-10(11)5-9/h3-4,8-11,15H,1-2,5-7,18H2. The van der Waals surface area contributed by atoms with Gasteiger partial charge in [0.05, 0.1) is 0 Å². The van der Waals surface area contributed by atoms with Gasteiger partial charge in [0.25, 0.3) is 0 Å². The van der Waals surface area contributed by atoms with Crippen LogP contribution in [0.2, 0.25) is 0 Å². The molecule has 1 nitrogen and oxygen atoms in total. The van der Waals surface area contributed by atoms with Crippen LogP contribution in [0.5, 0.6) is 0 Å². The number of hydrogen-bond donors (Lipinski definition) is 1. The zero-order chi connectivity index (χ0) is 12.7. The second-order valence-electron chi connectivity index (χ2n) is 5.94. The van der Waals surface area contributed by atoms with Gasteiger partial charge in [-0.2, -0.15) is 0 Å². The Morgan fingerprint density at radius 2 is 2.17 bits per heavy atom. The van der Waals surface area contributed by atoms with Crippen molar-refractivity contribution in [3.63, 3.8) is 0 Å². The van der Waals surface area contributed by atoms with Gasteiger partial charge in [0, 0.05) is 14.1 Å². The van der Waals surface area contributed by atoms with E-state index in [9.17, 15) is 0 Å². The molecule has 0 heterocycles. The molecule has 1 aromatic carbocycles. The van der Waals surface area contributed by atoms with Crippen molar-refractivity contribution in [3.8, 4) is 0 Å². The van der Waals surface area contributed by atoms with Crippen LogP contribution in [-0.2, 0) is 0 Å². The lowest BCUT2D eigenvalue weighted by atomic mass is 9.83. The number of rotatable bonds is 3. The van der Waals surface area contributed by atoms with E-state index in [1.807, 2.05) is 0 Å². The van der Waals surface area contributed by atoms with E-state index in [0.717, 1.165) is 17.8 Å². The molecule has 2 N–H and O–H groups in total. The highest BCUT2D eigenvalue weighted by Crippen LogP contribution is 2.50. The lowest BCUT2D eigenvalue weighted by molar-refractivity contribution is 0.296. The van der Waals surface area contributed by atoms with Crippen LogP contribution in [0.15, 0.2) is 22.7 Å². The summed E-state index contributed by atoms with van der Waals surface area (Å²) in [5.74, 6) is 2.87. The third-order valence-electron chi connectivity index (χ3n) is 4.80. The summed E-state index contributed by atoms with van der Waals surface area (Å²) in [6.07, 6.45) is 7.00. The number of fused-ring (bicyclic) bond motifs is 2. The maximum atomic E-state index is 6.44. The lowest BCUT2D eigenvalue weighted by Crippen LogP contribution is -2.20. The first-order valence-corrected chi connectivity index (χ1v) is 8.71. The molecular formula is C15H19BrIN. The van der Waals surface area contributed by atoms with Gasteiger partial charge in [-0.15, -0.1) is 0 Å². The van der Waals surface area contributed by atoms with Gasteiger partial charge >= 0.3 is 0 Å². The third-order valence-corrected chi connectivity index (χ3v) is 6.19. The van der Waals surface area contributed by atoms with Crippen LogP contribution >= 0.6 is 38.5 Å². The van der Waals surface area contributed by atoms with Gasteiger partial charge in [0.15, 0.2) is 0 Å². The van der Waals surface area contributed by atoms with E-state index >= 15 is 0 Å². The zero-order valence-electron chi connectivity index (χ0n) is 10.4. The molecule has 98 valence electrons. The normalized spacial score (nSPS) is 31.8. The fraction of sp³-hybridized carbons (Fsp3) is 0.600. The van der Waals surface area contributed by atoms with Crippen molar-refractivity contribution in [2.75, 3.05) is 0 Å². The first-order valence-electron chi connectivity index (χ1n) is 6.84. The second-order valence-corrected chi connectivity index (χ2v) is 8.04. The van der Waals surface area contributed by atoms with Crippen molar-refractivity contribution in [1.29, 1.82) is 0 Å². The topological polar surface area (TPSA) is 26.0 Å². The number of nitrogens with two attached hydrogens (primary N) is 1. The van der Waals surface area contributed by atoms with Crippen LogP contribution in [0.25, 0.3) is 0 Å². The fourth-order valence-electron chi connectivity index (χ4n) is 3.92. The SMILES string of the molecule is NC(CC1CC2CCC1C2)c1cc(I)ccc1Br. The average Bonchev–Trinajstić information content (AvgIpc) is 2.94. The molecule has 18 heavy (non-hydrogen) atoms. The molecule has 1 aromatic rings. The van der Waals surface area contributed by atoms with Gasteiger partial charge in [0.2, 0.25) is 0 Å². The van der Waals surface area contributed by atoms with E-state index in [4.69, 9.17) is 5.73 Å². The molecule has 2 fully saturated rings. The molecule has 2 saturated carbocycles. The third kappa shape index (κ3) is 2.63. The van der Waals surface area contributed by atoms with Gasteiger partial charge in [-0.1, -0.05) is 22.4 Å². The predicted molar refractivity (Wildman–Crippen MR) is 87.3 cm³/mol. The molecule has 4 unspecified atom stereocenters. The molecule has 2 bridgehead atoms. The Hall–Kier alpha value is 0.390. The van der Waals surface area contributed by atoms with Crippen LogP contribution in [0, 0.1) is 21.3 Å². The van der Waals surface area contributed by atoms with Crippen molar-refractivity contribution in [3.05, 3.63) is 31.8 Å². The summed E-state index contributed by atoms with van der Waals surface area (Å²) < 4.78 is 2.44. The maximum Gasteiger partial charge on any atom is 0.0309 e. The van der Waals surface area contributed by atoms with Gasteiger partial charge in [-0.05, 0) is 89.8 Å². The molecular weight excluding hydrogens is 401 g/mol. The second kappa shape index (κ2) is 5.41. The number of hydrogen-bond acceptors (Lipinski definition) is 1. The Labute approximate surface area is 131 Å². The minimum atomic E-state index is 0.193. The molecule has 3 rings (SSSR count). The Morgan fingerprint density at radius 3 is 2.83 bits per heavy atom. The lowest BCUT2D eigenvalue weighted by Gasteiger charge is -2.25. The summed E-state index contributed by atoms with van der Waals surface area (Å²) in [5.41, 5.74) is 7.73. The van der Waals surface area contributed by atoms with Gasteiger partial charge in [-0.3, -0.25) is 0 Å². The molecule has 0 spiro atoms. The summed E-state index contributed by atoms with van der Waals surface area (Å²) >= 11 is 6.00. The summed E-state index contributed by atoms with van der Waals surface area (Å²) in [6.45, 7) is 0. The summed E-state index contributed by atoms with van der Waals surface area (Å²) in [6, 6.07) is 6.66. The summed E-state index contributed by atoms with van der Waals surface area (Å²) in [5, 5.41) is 0. The van der Waals surface area contributed by atoms with Crippen molar-refractivity contribution >= 4 is 38.5 Å². The van der Waals surface area contributed by atoms with Crippen molar-refractivity contribution in [2.24, 2.45) is 23.5 Å². The van der Waals surface area contributed by atoms with E-state index in [2.05, 4.69) is 56.7 Å². The van der Waals surface area contributed by atoms with Crippen molar-refractivity contribution < 1.29 is 0 Å². The number of halogens is 2. The first kappa shape index (κ1) is 13.4. The zero-order valence-corrected chi connectivity index (χ0v) is 14.2. The van der Waals surface area contributed by atoms with Crippen LogP contribution in [0.1, 0.15) is 43.7 Å². The molecule has 0 aliphatic heterocycles. The molecule has 0 radical (unpaired) electrons. The van der Waals surface area contributed by atoms with E-state index in [1.165, 1.54) is 45.7 Å². The highest BCUT2D eigenvalue weighted by Gasteiger charge is 2.39. The Bertz CT molecular complexity index is 448. The van der Waals surface area contributed by atoms with Crippen LogP contribution in [0.3, 0.4) is 0 Å². The minimum absolute atomic E-state index is 0.193. The van der Waals surface area contributed by atoms with Crippen LogP contribution < -0.4 is 5.73 Å². The van der Waals surface area contributed by atoms with E-state index < -0.39 is 0 Å². The Balaban J connectivity index is 1.71. The maximum absolute atomic E-state index is 6.44. The van der Waals surface area contributed by atoms with Crippen molar-refractivity contribution in [2.45, 2.75) is 38.1 Å². The Kier molecular flexibility index (Phi) is 4.02. The molecule has 4 atom stereocenters. The molecule has 2 aliphatic rings. The van der Waals surface area contributed by atoms with Crippen LogP contribution in [0.4, 0.5) is 0 Å².